The van der Waals surface area contributed by atoms with Crippen molar-refractivity contribution in [2.75, 3.05) is 31.8 Å². The zero-order valence-corrected chi connectivity index (χ0v) is 9.27. The Bertz CT molecular complexity index is 354. The van der Waals surface area contributed by atoms with Crippen LogP contribution in [-0.4, -0.2) is 41.9 Å². The summed E-state index contributed by atoms with van der Waals surface area (Å²) in [7, 11) is 2.05. The fourth-order valence-corrected chi connectivity index (χ4v) is 1.86. The molecular formula is C11H17N3O. The van der Waals surface area contributed by atoms with Crippen molar-refractivity contribution in [3.8, 4) is 0 Å². The number of anilines is 1. The Morgan fingerprint density at radius 2 is 2.20 bits per heavy atom. The minimum absolute atomic E-state index is 0.112. The van der Waals surface area contributed by atoms with Crippen LogP contribution in [0.15, 0.2) is 12.1 Å². The SMILES string of the molecule is Cc1ccc2c(n1)N(C)CCN(CO)C2. The standard InChI is InChI=1S/C11H17N3O/c1-9-3-4-10-7-14(8-15)6-5-13(2)11(10)12-9/h3-4,15H,5-8H2,1-2H3. The van der Waals surface area contributed by atoms with Crippen molar-refractivity contribution in [3.05, 3.63) is 23.4 Å². The van der Waals surface area contributed by atoms with Gasteiger partial charge in [0.1, 0.15) is 5.82 Å². The van der Waals surface area contributed by atoms with E-state index in [9.17, 15) is 0 Å². The number of aliphatic hydroxyl groups is 1. The molecule has 0 bridgehead atoms. The summed E-state index contributed by atoms with van der Waals surface area (Å²) in [5.41, 5.74) is 2.23. The van der Waals surface area contributed by atoms with E-state index in [1.54, 1.807) is 0 Å². The van der Waals surface area contributed by atoms with Crippen LogP contribution in [0.3, 0.4) is 0 Å². The van der Waals surface area contributed by atoms with Gasteiger partial charge in [-0.3, -0.25) is 4.90 Å². The van der Waals surface area contributed by atoms with Gasteiger partial charge in [-0.25, -0.2) is 4.98 Å². The van der Waals surface area contributed by atoms with Crippen LogP contribution in [-0.2, 0) is 6.54 Å². The number of aromatic nitrogens is 1. The molecule has 0 amide bonds. The summed E-state index contributed by atoms with van der Waals surface area (Å²) >= 11 is 0. The lowest BCUT2D eigenvalue weighted by molar-refractivity contribution is 0.106. The predicted molar refractivity (Wildman–Crippen MR) is 59.7 cm³/mol. The number of aliphatic hydroxyl groups excluding tert-OH is 1. The Morgan fingerprint density at radius 1 is 1.40 bits per heavy atom. The van der Waals surface area contributed by atoms with Crippen molar-refractivity contribution < 1.29 is 5.11 Å². The summed E-state index contributed by atoms with van der Waals surface area (Å²) in [6, 6.07) is 4.12. The van der Waals surface area contributed by atoms with Gasteiger partial charge in [0.05, 0.1) is 6.73 Å². The second-order valence-electron chi connectivity index (χ2n) is 4.05. The van der Waals surface area contributed by atoms with E-state index in [0.29, 0.717) is 0 Å². The molecule has 1 aromatic heterocycles. The lowest BCUT2D eigenvalue weighted by Gasteiger charge is -2.17. The fourth-order valence-electron chi connectivity index (χ4n) is 1.86. The number of rotatable bonds is 1. The maximum Gasteiger partial charge on any atom is 0.133 e. The van der Waals surface area contributed by atoms with Crippen molar-refractivity contribution in [2.24, 2.45) is 0 Å². The van der Waals surface area contributed by atoms with Crippen molar-refractivity contribution in [1.82, 2.24) is 9.88 Å². The molecule has 4 nitrogen and oxygen atoms in total. The molecule has 0 fully saturated rings. The summed E-state index contributed by atoms with van der Waals surface area (Å²) in [4.78, 5) is 8.71. The van der Waals surface area contributed by atoms with Crippen LogP contribution >= 0.6 is 0 Å². The third kappa shape index (κ3) is 2.11. The van der Waals surface area contributed by atoms with Crippen LogP contribution in [0.5, 0.6) is 0 Å². The highest BCUT2D eigenvalue weighted by molar-refractivity contribution is 5.47. The predicted octanol–water partition coefficient (Wildman–Crippen LogP) is 0.592. The number of hydrogen-bond acceptors (Lipinski definition) is 4. The second kappa shape index (κ2) is 4.16. The first-order chi connectivity index (χ1) is 7.20. The average Bonchev–Trinajstić information content (AvgIpc) is 2.39. The normalized spacial score (nSPS) is 17.4. The maximum atomic E-state index is 9.17. The molecule has 82 valence electrons. The van der Waals surface area contributed by atoms with Gasteiger partial charge in [-0.05, 0) is 13.0 Å². The molecule has 0 aliphatic carbocycles. The molecule has 1 aliphatic rings. The van der Waals surface area contributed by atoms with Gasteiger partial charge in [0, 0.05) is 37.9 Å². The highest BCUT2D eigenvalue weighted by Gasteiger charge is 2.17. The molecule has 1 aliphatic heterocycles. The Hall–Kier alpha value is -1.13. The number of fused-ring (bicyclic) bond motifs is 1. The number of hydrogen-bond donors (Lipinski definition) is 1. The van der Waals surface area contributed by atoms with E-state index in [0.717, 1.165) is 31.1 Å². The molecule has 1 aromatic rings. The average molecular weight is 207 g/mol. The summed E-state index contributed by atoms with van der Waals surface area (Å²) in [6.07, 6.45) is 0. The van der Waals surface area contributed by atoms with Crippen LogP contribution in [0.2, 0.25) is 0 Å². The largest absolute Gasteiger partial charge is 0.381 e. The van der Waals surface area contributed by atoms with Gasteiger partial charge in [-0.15, -0.1) is 0 Å². The van der Waals surface area contributed by atoms with E-state index in [1.807, 2.05) is 24.9 Å². The van der Waals surface area contributed by atoms with Gasteiger partial charge in [-0.1, -0.05) is 6.07 Å². The molecule has 0 saturated carbocycles. The van der Waals surface area contributed by atoms with E-state index in [2.05, 4.69) is 16.0 Å². The summed E-state index contributed by atoms with van der Waals surface area (Å²) in [5.74, 6) is 1.05. The lowest BCUT2D eigenvalue weighted by Crippen LogP contribution is -2.29. The minimum Gasteiger partial charge on any atom is -0.381 e. The Labute approximate surface area is 90.1 Å². The van der Waals surface area contributed by atoms with Crippen molar-refractivity contribution in [3.63, 3.8) is 0 Å². The van der Waals surface area contributed by atoms with Crippen LogP contribution in [0.1, 0.15) is 11.3 Å². The first-order valence-electron chi connectivity index (χ1n) is 5.21. The summed E-state index contributed by atoms with van der Waals surface area (Å²) in [5, 5.41) is 9.17. The Morgan fingerprint density at radius 3 is 2.93 bits per heavy atom. The smallest absolute Gasteiger partial charge is 0.133 e. The third-order valence-electron chi connectivity index (χ3n) is 2.80. The van der Waals surface area contributed by atoms with Crippen LogP contribution < -0.4 is 4.90 Å². The first-order valence-corrected chi connectivity index (χ1v) is 5.21. The molecule has 1 N–H and O–H groups in total. The molecule has 0 saturated heterocycles. The van der Waals surface area contributed by atoms with Gasteiger partial charge >= 0.3 is 0 Å². The van der Waals surface area contributed by atoms with Gasteiger partial charge < -0.3 is 10.0 Å². The van der Waals surface area contributed by atoms with Gasteiger partial charge in [0.2, 0.25) is 0 Å². The third-order valence-corrected chi connectivity index (χ3v) is 2.80. The maximum absolute atomic E-state index is 9.17. The molecule has 0 spiro atoms. The number of pyridine rings is 1. The summed E-state index contributed by atoms with van der Waals surface area (Å²) < 4.78 is 0. The van der Waals surface area contributed by atoms with Crippen LogP contribution in [0.25, 0.3) is 0 Å². The molecule has 15 heavy (non-hydrogen) atoms. The second-order valence-corrected chi connectivity index (χ2v) is 4.05. The molecule has 2 heterocycles. The minimum atomic E-state index is 0.112. The zero-order valence-electron chi connectivity index (χ0n) is 9.27. The van der Waals surface area contributed by atoms with Gasteiger partial charge in [0.15, 0.2) is 0 Å². The zero-order chi connectivity index (χ0) is 10.8. The topological polar surface area (TPSA) is 39.6 Å². The first kappa shape index (κ1) is 10.4. The van der Waals surface area contributed by atoms with Crippen molar-refractivity contribution >= 4 is 5.82 Å². The highest BCUT2D eigenvalue weighted by Crippen LogP contribution is 2.21. The quantitative estimate of drug-likeness (QED) is 0.731. The van der Waals surface area contributed by atoms with Gasteiger partial charge in [-0.2, -0.15) is 0 Å². The molecule has 0 atom stereocenters. The summed E-state index contributed by atoms with van der Waals surface area (Å²) in [6.45, 7) is 4.68. The number of aryl methyl sites for hydroxylation is 1. The van der Waals surface area contributed by atoms with Crippen LogP contribution in [0.4, 0.5) is 5.82 Å². The molecule has 4 heteroatoms. The Kier molecular flexibility index (Phi) is 2.88. The highest BCUT2D eigenvalue weighted by atomic mass is 16.3. The van der Waals surface area contributed by atoms with E-state index in [4.69, 9.17) is 5.11 Å². The van der Waals surface area contributed by atoms with Gasteiger partial charge in [0.25, 0.3) is 0 Å². The van der Waals surface area contributed by atoms with E-state index in [1.165, 1.54) is 5.56 Å². The van der Waals surface area contributed by atoms with Crippen molar-refractivity contribution in [1.29, 1.82) is 0 Å². The molecule has 2 rings (SSSR count). The molecular weight excluding hydrogens is 190 g/mol. The number of likely N-dealkylation sites (N-methyl/N-ethyl adjacent to an activating group) is 1. The van der Waals surface area contributed by atoms with Crippen LogP contribution in [0, 0.1) is 6.92 Å². The Balaban J connectivity index is 2.35. The molecule has 0 unspecified atom stereocenters. The molecule has 0 radical (unpaired) electrons. The number of nitrogens with zero attached hydrogens (tertiary/aromatic N) is 3. The van der Waals surface area contributed by atoms with E-state index >= 15 is 0 Å². The lowest BCUT2D eigenvalue weighted by atomic mass is 10.2. The fraction of sp³-hybridized carbons (Fsp3) is 0.545. The van der Waals surface area contributed by atoms with E-state index in [-0.39, 0.29) is 6.73 Å². The molecule has 0 aromatic carbocycles. The monoisotopic (exact) mass is 207 g/mol. The van der Waals surface area contributed by atoms with E-state index < -0.39 is 0 Å². The van der Waals surface area contributed by atoms with Crippen molar-refractivity contribution in [2.45, 2.75) is 13.5 Å².